The Balaban J connectivity index is 2.06. The minimum Gasteiger partial charge on any atom is -0.357 e. The monoisotopic (exact) mass is 364 g/mol. The van der Waals surface area contributed by atoms with E-state index in [1.54, 1.807) is 24.2 Å². The predicted octanol–water partition coefficient (Wildman–Crippen LogP) is 2.56. The van der Waals surface area contributed by atoms with Gasteiger partial charge < -0.3 is 15.2 Å². The molecule has 25 heavy (non-hydrogen) atoms. The van der Waals surface area contributed by atoms with E-state index in [9.17, 15) is 4.39 Å². The minimum absolute atomic E-state index is 0.208. The zero-order valence-electron chi connectivity index (χ0n) is 14.9. The molecule has 2 aromatic rings. The van der Waals surface area contributed by atoms with Crippen LogP contribution < -0.4 is 10.6 Å². The molecule has 0 unspecified atom stereocenters. The number of nitrogens with zero attached hydrogens (tertiary/aromatic N) is 4. The molecule has 0 aliphatic rings. The van der Waals surface area contributed by atoms with Crippen LogP contribution in [-0.2, 0) is 25.4 Å². The van der Waals surface area contributed by atoms with Crippen LogP contribution in [0.1, 0.15) is 30.8 Å². The summed E-state index contributed by atoms with van der Waals surface area (Å²) >= 11 is 1.67. The Labute approximate surface area is 152 Å². The van der Waals surface area contributed by atoms with Crippen LogP contribution in [0.2, 0.25) is 0 Å². The summed E-state index contributed by atoms with van der Waals surface area (Å²) in [5.41, 5.74) is 2.02. The van der Waals surface area contributed by atoms with Crippen molar-refractivity contribution < 1.29 is 4.39 Å². The Hall–Kier alpha value is -2.09. The van der Waals surface area contributed by atoms with Crippen LogP contribution in [0.3, 0.4) is 0 Å². The second-order valence-corrected chi connectivity index (χ2v) is 6.29. The van der Waals surface area contributed by atoms with Gasteiger partial charge in [-0.15, -0.1) is 10.2 Å². The molecule has 1 aromatic carbocycles. The van der Waals surface area contributed by atoms with E-state index in [-0.39, 0.29) is 5.82 Å². The van der Waals surface area contributed by atoms with Crippen molar-refractivity contribution in [2.24, 2.45) is 4.99 Å². The molecule has 0 radical (unpaired) electrons. The highest BCUT2D eigenvalue weighted by Crippen LogP contribution is 2.17. The van der Waals surface area contributed by atoms with Crippen LogP contribution in [0.25, 0.3) is 0 Å². The van der Waals surface area contributed by atoms with Crippen molar-refractivity contribution >= 4 is 17.7 Å². The van der Waals surface area contributed by atoms with Crippen molar-refractivity contribution in [2.45, 2.75) is 39.2 Å². The second-order valence-electron chi connectivity index (χ2n) is 5.43. The average Bonchev–Trinajstić information content (AvgIpc) is 3.06. The summed E-state index contributed by atoms with van der Waals surface area (Å²) in [6.07, 6.45) is 3.72. The van der Waals surface area contributed by atoms with Crippen molar-refractivity contribution in [1.29, 1.82) is 0 Å². The van der Waals surface area contributed by atoms with Gasteiger partial charge in [-0.3, -0.25) is 0 Å². The smallest absolute Gasteiger partial charge is 0.191 e. The van der Waals surface area contributed by atoms with Gasteiger partial charge in [-0.2, -0.15) is 11.8 Å². The molecule has 8 heteroatoms. The Morgan fingerprint density at radius 3 is 2.84 bits per heavy atom. The first kappa shape index (κ1) is 19.2. The molecule has 0 spiro atoms. The van der Waals surface area contributed by atoms with E-state index in [0.29, 0.717) is 19.0 Å². The Morgan fingerprint density at radius 2 is 2.12 bits per heavy atom. The van der Waals surface area contributed by atoms with Gasteiger partial charge in [0.1, 0.15) is 12.1 Å². The molecule has 0 amide bonds. The highest BCUT2D eigenvalue weighted by molar-refractivity contribution is 7.97. The normalized spacial score (nSPS) is 11.6. The van der Waals surface area contributed by atoms with Crippen LogP contribution in [0, 0.1) is 5.82 Å². The first-order valence-electron chi connectivity index (χ1n) is 8.33. The number of guanidine groups is 1. The summed E-state index contributed by atoms with van der Waals surface area (Å²) in [6.45, 7) is 6.68. The standard InChI is InChI=1S/C17H25FN6S/c1-4-19-17(21-10-16-23-22-12-24(16)5-2)20-9-13-6-7-15(18)8-14(13)11-25-3/h6-8,12H,4-5,9-11H2,1-3H3,(H2,19,20,21). The summed E-state index contributed by atoms with van der Waals surface area (Å²) < 4.78 is 15.4. The van der Waals surface area contributed by atoms with Gasteiger partial charge in [-0.1, -0.05) is 6.07 Å². The molecule has 6 nitrogen and oxygen atoms in total. The summed E-state index contributed by atoms with van der Waals surface area (Å²) in [7, 11) is 0. The third kappa shape index (κ3) is 5.74. The molecule has 0 aliphatic heterocycles. The highest BCUT2D eigenvalue weighted by Gasteiger charge is 2.06. The van der Waals surface area contributed by atoms with E-state index >= 15 is 0 Å². The lowest BCUT2D eigenvalue weighted by molar-refractivity contribution is 0.625. The number of thioether (sulfide) groups is 1. The fourth-order valence-corrected chi connectivity index (χ4v) is 2.97. The SMILES string of the molecule is CCNC(=NCc1ccc(F)cc1CSC)NCc1nncn1CC. The first-order chi connectivity index (χ1) is 12.2. The number of nitrogens with one attached hydrogen (secondary N) is 2. The van der Waals surface area contributed by atoms with Gasteiger partial charge in [0.25, 0.3) is 0 Å². The van der Waals surface area contributed by atoms with Gasteiger partial charge in [0.2, 0.25) is 0 Å². The van der Waals surface area contributed by atoms with Crippen LogP contribution >= 0.6 is 11.8 Å². The maximum atomic E-state index is 13.5. The van der Waals surface area contributed by atoms with Gasteiger partial charge in [0, 0.05) is 18.8 Å². The van der Waals surface area contributed by atoms with Crippen molar-refractivity contribution in [2.75, 3.05) is 12.8 Å². The minimum atomic E-state index is -0.208. The number of halogens is 1. The number of hydrogen-bond acceptors (Lipinski definition) is 4. The molecule has 2 N–H and O–H groups in total. The number of aliphatic imine (C=N–C) groups is 1. The number of aryl methyl sites for hydroxylation is 1. The lowest BCUT2D eigenvalue weighted by Gasteiger charge is -2.12. The Kier molecular flexibility index (Phi) is 7.72. The van der Waals surface area contributed by atoms with Crippen LogP contribution in [0.15, 0.2) is 29.5 Å². The average molecular weight is 364 g/mol. The topological polar surface area (TPSA) is 67.1 Å². The summed E-state index contributed by atoms with van der Waals surface area (Å²) in [4.78, 5) is 4.62. The number of aromatic nitrogens is 3. The van der Waals surface area contributed by atoms with E-state index in [1.165, 1.54) is 6.07 Å². The highest BCUT2D eigenvalue weighted by atomic mass is 32.2. The molecule has 2 rings (SSSR count). The van der Waals surface area contributed by atoms with E-state index < -0.39 is 0 Å². The summed E-state index contributed by atoms with van der Waals surface area (Å²) in [5.74, 6) is 2.12. The van der Waals surface area contributed by atoms with E-state index in [4.69, 9.17) is 0 Å². The molecule has 1 aromatic heterocycles. The molecule has 0 bridgehead atoms. The quantitative estimate of drug-likeness (QED) is 0.557. The molecule has 0 fully saturated rings. The molecular formula is C17H25FN6S. The maximum Gasteiger partial charge on any atom is 0.191 e. The van der Waals surface area contributed by atoms with E-state index in [2.05, 4.69) is 25.8 Å². The molecular weight excluding hydrogens is 339 g/mol. The summed E-state index contributed by atoms with van der Waals surface area (Å²) in [6, 6.07) is 4.88. The van der Waals surface area contributed by atoms with Gasteiger partial charge in [-0.05, 0) is 43.4 Å². The fourth-order valence-electron chi connectivity index (χ4n) is 2.39. The van der Waals surface area contributed by atoms with Gasteiger partial charge in [0.05, 0.1) is 13.1 Å². The van der Waals surface area contributed by atoms with Gasteiger partial charge in [0.15, 0.2) is 11.8 Å². The van der Waals surface area contributed by atoms with Gasteiger partial charge >= 0.3 is 0 Å². The van der Waals surface area contributed by atoms with Crippen LogP contribution in [0.4, 0.5) is 4.39 Å². The molecule has 1 heterocycles. The lowest BCUT2D eigenvalue weighted by Crippen LogP contribution is -2.37. The second kappa shape index (κ2) is 10.0. The van der Waals surface area contributed by atoms with Crippen molar-refractivity contribution in [3.63, 3.8) is 0 Å². The molecule has 0 aliphatic carbocycles. The predicted molar refractivity (Wildman–Crippen MR) is 101 cm³/mol. The van der Waals surface area contributed by atoms with Crippen LogP contribution in [-0.4, -0.2) is 33.5 Å². The third-order valence-corrected chi connectivity index (χ3v) is 4.27. The fraction of sp³-hybridized carbons (Fsp3) is 0.471. The number of rotatable bonds is 8. The third-order valence-electron chi connectivity index (χ3n) is 3.67. The number of hydrogen-bond donors (Lipinski definition) is 2. The molecule has 0 saturated carbocycles. The first-order valence-corrected chi connectivity index (χ1v) is 9.72. The van der Waals surface area contributed by atoms with Crippen molar-refractivity contribution in [1.82, 2.24) is 25.4 Å². The molecule has 0 saturated heterocycles. The molecule has 136 valence electrons. The summed E-state index contributed by atoms with van der Waals surface area (Å²) in [5, 5.41) is 14.5. The number of benzene rings is 1. The lowest BCUT2D eigenvalue weighted by atomic mass is 10.1. The van der Waals surface area contributed by atoms with E-state index in [0.717, 1.165) is 35.8 Å². The van der Waals surface area contributed by atoms with Crippen molar-refractivity contribution in [3.8, 4) is 0 Å². The van der Waals surface area contributed by atoms with Crippen molar-refractivity contribution in [3.05, 3.63) is 47.3 Å². The van der Waals surface area contributed by atoms with Crippen LogP contribution in [0.5, 0.6) is 0 Å². The Morgan fingerprint density at radius 1 is 1.28 bits per heavy atom. The van der Waals surface area contributed by atoms with E-state index in [1.807, 2.05) is 30.7 Å². The largest absolute Gasteiger partial charge is 0.357 e. The Bertz CT molecular complexity index is 700. The maximum absolute atomic E-state index is 13.5. The van der Waals surface area contributed by atoms with Gasteiger partial charge in [-0.25, -0.2) is 9.38 Å². The molecule has 0 atom stereocenters. The zero-order valence-corrected chi connectivity index (χ0v) is 15.7. The zero-order chi connectivity index (χ0) is 18.1.